The van der Waals surface area contributed by atoms with Crippen molar-refractivity contribution in [3.8, 4) is 5.69 Å². The van der Waals surface area contributed by atoms with Crippen molar-refractivity contribution < 1.29 is 22.8 Å². The largest absolute Gasteiger partial charge is 0.343 e. The molecule has 0 aliphatic heterocycles. The van der Waals surface area contributed by atoms with Crippen molar-refractivity contribution in [2.45, 2.75) is 13.3 Å². The van der Waals surface area contributed by atoms with E-state index in [1.807, 2.05) is 37.3 Å². The van der Waals surface area contributed by atoms with Crippen molar-refractivity contribution in [3.05, 3.63) is 77.4 Å². The average Bonchev–Trinajstić information content (AvgIpc) is 3.17. The number of nitrogens with one attached hydrogen (secondary N) is 2. The van der Waals surface area contributed by atoms with E-state index in [0.717, 1.165) is 11.8 Å². The molecule has 1 aromatic heterocycles. The highest BCUT2D eigenvalue weighted by atomic mass is 19.2. The minimum atomic E-state index is -1.69. The van der Waals surface area contributed by atoms with E-state index in [1.165, 1.54) is 6.20 Å². The Balaban J connectivity index is 1.68. The fourth-order valence-corrected chi connectivity index (χ4v) is 2.77. The number of benzene rings is 2. The van der Waals surface area contributed by atoms with Crippen molar-refractivity contribution >= 4 is 17.5 Å². The van der Waals surface area contributed by atoms with Gasteiger partial charge in [-0.25, -0.2) is 17.9 Å². The van der Waals surface area contributed by atoms with E-state index in [4.69, 9.17) is 0 Å². The van der Waals surface area contributed by atoms with Gasteiger partial charge in [0.25, 0.3) is 5.91 Å². The molecule has 0 fully saturated rings. The zero-order chi connectivity index (χ0) is 21.0. The van der Waals surface area contributed by atoms with Gasteiger partial charge in [-0.2, -0.15) is 5.10 Å². The summed E-state index contributed by atoms with van der Waals surface area (Å²) in [5.74, 6) is -5.90. The fourth-order valence-electron chi connectivity index (χ4n) is 2.77. The molecule has 3 rings (SSSR count). The van der Waals surface area contributed by atoms with Crippen LogP contribution in [-0.2, 0) is 11.2 Å². The monoisotopic (exact) mass is 402 g/mol. The van der Waals surface area contributed by atoms with E-state index in [2.05, 4.69) is 15.7 Å². The first-order valence-electron chi connectivity index (χ1n) is 8.76. The second-order valence-electron chi connectivity index (χ2n) is 6.06. The van der Waals surface area contributed by atoms with Gasteiger partial charge in [0, 0.05) is 0 Å². The number of carbonyl (C=O) groups is 2. The number of nitrogens with zero attached hydrogens (tertiary/aromatic N) is 2. The standard InChI is InChI=1S/C20H17F3N4O2/c1-2-16-13(10-25-27(16)12-6-4-3-5-7-12)20(29)24-11-17(28)26-15-9-8-14(21)18(22)19(15)23/h3-10H,2,11H2,1H3,(H,24,29)(H,26,28). The van der Waals surface area contributed by atoms with Crippen LogP contribution in [0.15, 0.2) is 48.7 Å². The van der Waals surface area contributed by atoms with Gasteiger partial charge in [-0.1, -0.05) is 25.1 Å². The maximum atomic E-state index is 13.6. The lowest BCUT2D eigenvalue weighted by Gasteiger charge is -2.10. The molecule has 29 heavy (non-hydrogen) atoms. The Hall–Kier alpha value is -3.62. The molecule has 3 aromatic rings. The third-order valence-electron chi connectivity index (χ3n) is 4.17. The van der Waals surface area contributed by atoms with Crippen LogP contribution in [0, 0.1) is 17.5 Å². The van der Waals surface area contributed by atoms with E-state index in [1.54, 1.807) is 4.68 Å². The summed E-state index contributed by atoms with van der Waals surface area (Å²) in [6.07, 6.45) is 1.91. The summed E-state index contributed by atoms with van der Waals surface area (Å²) >= 11 is 0. The summed E-state index contributed by atoms with van der Waals surface area (Å²) in [7, 11) is 0. The zero-order valence-corrected chi connectivity index (χ0v) is 15.4. The van der Waals surface area contributed by atoms with Crippen LogP contribution in [-0.4, -0.2) is 28.1 Å². The minimum Gasteiger partial charge on any atom is -0.343 e. The van der Waals surface area contributed by atoms with Crippen molar-refractivity contribution in [1.82, 2.24) is 15.1 Å². The molecule has 1 heterocycles. The van der Waals surface area contributed by atoms with Crippen molar-refractivity contribution in [3.63, 3.8) is 0 Å². The number of hydrogen-bond donors (Lipinski definition) is 2. The molecule has 0 saturated carbocycles. The Labute approximate surface area is 164 Å². The predicted octanol–water partition coefficient (Wildman–Crippen LogP) is 3.22. The molecule has 0 spiro atoms. The fraction of sp³-hybridized carbons (Fsp3) is 0.150. The SMILES string of the molecule is CCc1c(C(=O)NCC(=O)Nc2ccc(F)c(F)c2F)cnn1-c1ccccc1. The van der Waals surface area contributed by atoms with Crippen LogP contribution in [0.3, 0.4) is 0 Å². The molecule has 150 valence electrons. The summed E-state index contributed by atoms with van der Waals surface area (Å²) in [4.78, 5) is 24.4. The maximum absolute atomic E-state index is 13.6. The molecule has 0 radical (unpaired) electrons. The molecule has 0 unspecified atom stereocenters. The average molecular weight is 402 g/mol. The number of carbonyl (C=O) groups excluding carboxylic acids is 2. The Bertz CT molecular complexity index is 1050. The summed E-state index contributed by atoms with van der Waals surface area (Å²) in [6, 6.07) is 10.8. The smallest absolute Gasteiger partial charge is 0.255 e. The number of halogens is 3. The number of rotatable bonds is 6. The molecule has 0 saturated heterocycles. The molecule has 2 N–H and O–H groups in total. The molecule has 2 amide bonds. The Morgan fingerprint density at radius 2 is 1.76 bits per heavy atom. The second-order valence-corrected chi connectivity index (χ2v) is 6.06. The van der Waals surface area contributed by atoms with Crippen LogP contribution in [0.5, 0.6) is 0 Å². The van der Waals surface area contributed by atoms with E-state index in [-0.39, 0.29) is 0 Å². The Kier molecular flexibility index (Phi) is 5.96. The first-order chi connectivity index (χ1) is 13.9. The van der Waals surface area contributed by atoms with E-state index in [0.29, 0.717) is 23.7 Å². The first-order valence-corrected chi connectivity index (χ1v) is 8.76. The molecular formula is C20H17F3N4O2. The van der Waals surface area contributed by atoms with Gasteiger partial charge in [0.05, 0.1) is 35.4 Å². The summed E-state index contributed by atoms with van der Waals surface area (Å²) in [6.45, 7) is 1.38. The van der Waals surface area contributed by atoms with Gasteiger partial charge in [0.1, 0.15) is 0 Å². The molecule has 6 nitrogen and oxygen atoms in total. The lowest BCUT2D eigenvalue weighted by Crippen LogP contribution is -2.33. The van der Waals surface area contributed by atoms with Gasteiger partial charge in [0.15, 0.2) is 17.5 Å². The Morgan fingerprint density at radius 1 is 1.03 bits per heavy atom. The van der Waals surface area contributed by atoms with Crippen molar-refractivity contribution in [2.75, 3.05) is 11.9 Å². The second kappa shape index (κ2) is 8.59. The predicted molar refractivity (Wildman–Crippen MR) is 100 cm³/mol. The van der Waals surface area contributed by atoms with Gasteiger partial charge in [-0.05, 0) is 30.7 Å². The van der Waals surface area contributed by atoms with Crippen molar-refractivity contribution in [1.29, 1.82) is 0 Å². The van der Waals surface area contributed by atoms with E-state index >= 15 is 0 Å². The highest BCUT2D eigenvalue weighted by Crippen LogP contribution is 2.19. The van der Waals surface area contributed by atoms with Gasteiger partial charge < -0.3 is 10.6 Å². The molecule has 0 aliphatic carbocycles. The van der Waals surface area contributed by atoms with Gasteiger partial charge in [-0.3, -0.25) is 9.59 Å². The van der Waals surface area contributed by atoms with Crippen LogP contribution in [0.4, 0.5) is 18.9 Å². The molecule has 0 aliphatic rings. The van der Waals surface area contributed by atoms with Crippen LogP contribution in [0.1, 0.15) is 23.0 Å². The highest BCUT2D eigenvalue weighted by molar-refractivity contribution is 6.00. The van der Waals surface area contributed by atoms with Crippen molar-refractivity contribution in [2.24, 2.45) is 0 Å². The quantitative estimate of drug-likeness (QED) is 0.622. The molecule has 2 aromatic carbocycles. The third kappa shape index (κ3) is 4.29. The lowest BCUT2D eigenvalue weighted by atomic mass is 10.2. The maximum Gasteiger partial charge on any atom is 0.255 e. The van der Waals surface area contributed by atoms with Crippen LogP contribution >= 0.6 is 0 Å². The normalized spacial score (nSPS) is 10.6. The number of hydrogen-bond acceptors (Lipinski definition) is 3. The first kappa shape index (κ1) is 20.1. The van der Waals surface area contributed by atoms with Crippen LogP contribution in [0.2, 0.25) is 0 Å². The van der Waals surface area contributed by atoms with Gasteiger partial charge in [-0.15, -0.1) is 0 Å². The highest BCUT2D eigenvalue weighted by Gasteiger charge is 2.19. The minimum absolute atomic E-state index is 0.295. The third-order valence-corrected chi connectivity index (χ3v) is 4.17. The summed E-state index contributed by atoms with van der Waals surface area (Å²) in [5, 5.41) is 8.73. The van der Waals surface area contributed by atoms with E-state index in [9.17, 15) is 22.8 Å². The molecule has 0 bridgehead atoms. The lowest BCUT2D eigenvalue weighted by molar-refractivity contribution is -0.115. The van der Waals surface area contributed by atoms with Crippen LogP contribution in [0.25, 0.3) is 5.69 Å². The number of para-hydroxylation sites is 1. The summed E-state index contributed by atoms with van der Waals surface area (Å²) in [5.41, 5.74) is 1.22. The van der Waals surface area contributed by atoms with Crippen LogP contribution < -0.4 is 10.6 Å². The number of amides is 2. The molecular weight excluding hydrogens is 385 g/mol. The summed E-state index contributed by atoms with van der Waals surface area (Å²) < 4.78 is 41.4. The zero-order valence-electron chi connectivity index (χ0n) is 15.4. The molecule has 0 atom stereocenters. The molecule has 9 heteroatoms. The Morgan fingerprint density at radius 3 is 2.45 bits per heavy atom. The number of anilines is 1. The van der Waals surface area contributed by atoms with Gasteiger partial charge in [0.2, 0.25) is 5.91 Å². The number of aromatic nitrogens is 2. The van der Waals surface area contributed by atoms with E-state index < -0.39 is 41.5 Å². The topological polar surface area (TPSA) is 76.0 Å². The van der Waals surface area contributed by atoms with Gasteiger partial charge >= 0.3 is 0 Å².